The molecule has 1 aliphatic heterocycles. The zero-order valence-corrected chi connectivity index (χ0v) is 15.5. The highest BCUT2D eigenvalue weighted by molar-refractivity contribution is 8.14. The molecule has 7 nitrogen and oxygen atoms in total. The number of nitrogens with zero attached hydrogens (tertiary/aromatic N) is 2. The van der Waals surface area contributed by atoms with Gasteiger partial charge in [-0.05, 0) is 20.8 Å². The number of ether oxygens (including phenoxy) is 2. The standard InChI is InChI=1S/C14H22F3N3O4S/c1-6-24-10(21)13(23-5,14(15,16)17)19-11(22)20(8(2)3)12-18-7-9(4)25-12/h8-9H,6-7H2,1-5H3,(H,19,22)/t9-,13-/m1/s1. The van der Waals surface area contributed by atoms with Crippen molar-refractivity contribution in [3.05, 3.63) is 0 Å². The van der Waals surface area contributed by atoms with Crippen LogP contribution in [0.1, 0.15) is 27.7 Å². The summed E-state index contributed by atoms with van der Waals surface area (Å²) in [7, 11) is 0.675. The van der Waals surface area contributed by atoms with E-state index in [9.17, 15) is 22.8 Å². The smallest absolute Gasteiger partial charge is 0.448 e. The largest absolute Gasteiger partial charge is 0.462 e. The second-order valence-corrected chi connectivity index (χ2v) is 6.95. The highest BCUT2D eigenvalue weighted by Crippen LogP contribution is 2.33. The number of rotatable bonds is 5. The number of hydrogen-bond donors (Lipinski definition) is 1. The summed E-state index contributed by atoms with van der Waals surface area (Å²) < 4.78 is 49.4. The number of carbonyl (C=O) groups excluding carboxylic acids is 2. The lowest BCUT2D eigenvalue weighted by atomic mass is 10.2. The van der Waals surface area contributed by atoms with Crippen LogP contribution in [0.4, 0.5) is 18.0 Å². The number of nitrogens with one attached hydrogen (secondary N) is 1. The fourth-order valence-corrected chi connectivity index (χ4v) is 3.13. The maximum atomic E-state index is 13.5. The van der Waals surface area contributed by atoms with Crippen LogP contribution < -0.4 is 5.32 Å². The van der Waals surface area contributed by atoms with Gasteiger partial charge in [0.1, 0.15) is 0 Å². The summed E-state index contributed by atoms with van der Waals surface area (Å²) in [6.45, 7) is 6.62. The second kappa shape index (κ2) is 8.26. The molecule has 0 aromatic heterocycles. The lowest BCUT2D eigenvalue weighted by molar-refractivity contribution is -0.277. The molecule has 0 aliphatic carbocycles. The Morgan fingerprint density at radius 1 is 1.44 bits per heavy atom. The van der Waals surface area contributed by atoms with Crippen LogP contribution in [0.15, 0.2) is 4.99 Å². The van der Waals surface area contributed by atoms with Crippen molar-refractivity contribution in [3.63, 3.8) is 0 Å². The average molecular weight is 385 g/mol. The Labute approximate surface area is 148 Å². The summed E-state index contributed by atoms with van der Waals surface area (Å²) >= 11 is 1.27. The van der Waals surface area contributed by atoms with E-state index in [0.717, 1.165) is 4.90 Å². The van der Waals surface area contributed by atoms with E-state index in [1.54, 1.807) is 19.2 Å². The van der Waals surface area contributed by atoms with Gasteiger partial charge < -0.3 is 9.47 Å². The van der Waals surface area contributed by atoms with E-state index in [4.69, 9.17) is 0 Å². The van der Waals surface area contributed by atoms with Crippen LogP contribution in [0.3, 0.4) is 0 Å². The lowest BCUT2D eigenvalue weighted by Gasteiger charge is -2.35. The second-order valence-electron chi connectivity index (χ2n) is 5.55. The van der Waals surface area contributed by atoms with Crippen molar-refractivity contribution in [2.24, 2.45) is 4.99 Å². The van der Waals surface area contributed by atoms with Crippen LogP contribution in [-0.4, -0.2) is 65.5 Å². The molecule has 0 bridgehead atoms. The fraction of sp³-hybridized carbons (Fsp3) is 0.786. The minimum Gasteiger partial charge on any atom is -0.462 e. The minimum absolute atomic E-state index is 0.101. The quantitative estimate of drug-likeness (QED) is 0.581. The number of methoxy groups -OCH3 is 1. The maximum Gasteiger partial charge on any atom is 0.448 e. The van der Waals surface area contributed by atoms with Gasteiger partial charge in [0.05, 0.1) is 13.2 Å². The molecule has 1 heterocycles. The van der Waals surface area contributed by atoms with Crippen molar-refractivity contribution in [2.45, 2.75) is 50.9 Å². The number of hydrogen-bond acceptors (Lipinski definition) is 6. The molecule has 1 aliphatic rings. The highest BCUT2D eigenvalue weighted by atomic mass is 32.2. The molecule has 11 heteroatoms. The SMILES string of the molecule is CCOC(=O)[C@@](NC(=O)N(C1=NC[C@@H](C)S1)C(C)C)(OC)C(F)(F)F. The Morgan fingerprint density at radius 2 is 2.04 bits per heavy atom. The van der Waals surface area contributed by atoms with Gasteiger partial charge in [-0.2, -0.15) is 13.2 Å². The number of aliphatic imine (C=N–C) groups is 1. The number of alkyl halides is 3. The van der Waals surface area contributed by atoms with Crippen molar-refractivity contribution >= 4 is 28.9 Å². The van der Waals surface area contributed by atoms with Gasteiger partial charge in [0, 0.05) is 18.4 Å². The normalized spacial score (nSPS) is 20.0. The lowest BCUT2D eigenvalue weighted by Crippen LogP contribution is -2.68. The number of thioether (sulfide) groups is 1. The van der Waals surface area contributed by atoms with Gasteiger partial charge in [-0.1, -0.05) is 18.7 Å². The molecule has 0 radical (unpaired) electrons. The molecule has 0 aromatic rings. The number of urea groups is 1. The molecule has 0 spiro atoms. The molecule has 0 unspecified atom stereocenters. The van der Waals surface area contributed by atoms with Gasteiger partial charge in [-0.15, -0.1) is 0 Å². The predicted octanol–water partition coefficient (Wildman–Crippen LogP) is 2.37. The van der Waals surface area contributed by atoms with Gasteiger partial charge in [0.15, 0.2) is 5.17 Å². The van der Waals surface area contributed by atoms with E-state index >= 15 is 0 Å². The Bertz CT molecular complexity index is 542. The van der Waals surface area contributed by atoms with Crippen LogP contribution in [0, 0.1) is 0 Å². The van der Waals surface area contributed by atoms with Crippen LogP contribution in [0.25, 0.3) is 0 Å². The van der Waals surface area contributed by atoms with Crippen molar-refractivity contribution in [1.82, 2.24) is 10.2 Å². The van der Waals surface area contributed by atoms with E-state index in [-0.39, 0.29) is 17.0 Å². The summed E-state index contributed by atoms with van der Waals surface area (Å²) in [5.74, 6) is -1.74. The minimum atomic E-state index is -5.22. The topological polar surface area (TPSA) is 80.2 Å². The highest BCUT2D eigenvalue weighted by Gasteiger charge is 2.65. The number of carbonyl (C=O) groups is 2. The summed E-state index contributed by atoms with van der Waals surface area (Å²) in [5.41, 5.74) is -3.59. The summed E-state index contributed by atoms with van der Waals surface area (Å²) in [4.78, 5) is 29.7. The van der Waals surface area contributed by atoms with Crippen molar-refractivity contribution in [3.8, 4) is 0 Å². The van der Waals surface area contributed by atoms with Crippen LogP contribution in [0.5, 0.6) is 0 Å². The van der Waals surface area contributed by atoms with Gasteiger partial charge in [-0.25, -0.2) is 9.59 Å². The average Bonchev–Trinajstić information content (AvgIpc) is 2.89. The van der Waals surface area contributed by atoms with E-state index in [1.807, 2.05) is 6.92 Å². The Kier molecular flexibility index (Phi) is 7.12. The third kappa shape index (κ3) is 4.57. The first kappa shape index (κ1) is 21.6. The number of halogens is 3. The van der Waals surface area contributed by atoms with Crippen molar-refractivity contribution in [1.29, 1.82) is 0 Å². The van der Waals surface area contributed by atoms with E-state index in [2.05, 4.69) is 14.5 Å². The number of esters is 1. The molecule has 25 heavy (non-hydrogen) atoms. The van der Waals surface area contributed by atoms with Gasteiger partial charge in [-0.3, -0.25) is 15.2 Å². The molecule has 2 atom stereocenters. The first-order valence-corrected chi connectivity index (χ1v) is 8.49. The molecular formula is C14H22F3N3O4S. The molecule has 1 rings (SSSR count). The van der Waals surface area contributed by atoms with Gasteiger partial charge >= 0.3 is 23.9 Å². The zero-order valence-electron chi connectivity index (χ0n) is 14.6. The number of amides is 2. The molecule has 2 amide bonds. The van der Waals surface area contributed by atoms with E-state index in [1.165, 1.54) is 18.7 Å². The fourth-order valence-electron chi connectivity index (χ4n) is 2.07. The van der Waals surface area contributed by atoms with Crippen LogP contribution in [0.2, 0.25) is 0 Å². The molecular weight excluding hydrogens is 363 g/mol. The molecule has 144 valence electrons. The van der Waals surface area contributed by atoms with Crippen molar-refractivity contribution < 1.29 is 32.2 Å². The molecule has 0 saturated carbocycles. The Morgan fingerprint density at radius 3 is 2.40 bits per heavy atom. The molecule has 0 fully saturated rings. The summed E-state index contributed by atoms with van der Waals surface area (Å²) in [6, 6.07) is -1.64. The van der Waals surface area contributed by atoms with Gasteiger partial charge in [0.25, 0.3) is 0 Å². The number of amidine groups is 1. The van der Waals surface area contributed by atoms with Gasteiger partial charge in [0.2, 0.25) is 0 Å². The van der Waals surface area contributed by atoms with Crippen LogP contribution >= 0.6 is 11.8 Å². The third-order valence-electron chi connectivity index (χ3n) is 3.28. The zero-order chi connectivity index (χ0) is 19.4. The maximum absolute atomic E-state index is 13.5. The molecule has 0 saturated heterocycles. The molecule has 1 N–H and O–H groups in total. The third-order valence-corrected chi connectivity index (χ3v) is 4.37. The van der Waals surface area contributed by atoms with Crippen molar-refractivity contribution in [2.75, 3.05) is 20.3 Å². The first-order valence-electron chi connectivity index (χ1n) is 7.61. The van der Waals surface area contributed by atoms with Crippen LogP contribution in [-0.2, 0) is 14.3 Å². The summed E-state index contributed by atoms with van der Waals surface area (Å²) in [6.07, 6.45) is -5.22. The predicted molar refractivity (Wildman–Crippen MR) is 87.3 cm³/mol. The first-order chi connectivity index (χ1) is 11.5. The Hall–Kier alpha value is -1.49. The molecule has 0 aromatic carbocycles. The van der Waals surface area contributed by atoms with E-state index in [0.29, 0.717) is 13.7 Å². The Balaban J connectivity index is 3.17. The monoisotopic (exact) mass is 385 g/mol. The summed E-state index contributed by atoms with van der Waals surface area (Å²) in [5, 5.41) is 2.04. The van der Waals surface area contributed by atoms with E-state index < -0.39 is 29.9 Å².